The predicted molar refractivity (Wildman–Crippen MR) is 110 cm³/mol. The quantitative estimate of drug-likeness (QED) is 0.780. The first-order valence-corrected chi connectivity index (χ1v) is 9.80. The van der Waals surface area contributed by atoms with Crippen LogP contribution in [0.3, 0.4) is 0 Å². The molecule has 1 atom stereocenters. The highest BCUT2D eigenvalue weighted by Gasteiger charge is 2.43. The maximum Gasteiger partial charge on any atom is 0.322 e. The molecule has 7 heteroatoms. The third kappa shape index (κ3) is 2.99. The zero-order valence-corrected chi connectivity index (χ0v) is 16.3. The van der Waals surface area contributed by atoms with Crippen molar-refractivity contribution in [3.63, 3.8) is 0 Å². The van der Waals surface area contributed by atoms with Crippen LogP contribution in [0.4, 0.5) is 4.79 Å². The Morgan fingerprint density at radius 2 is 1.90 bits per heavy atom. The minimum Gasteiger partial charge on any atom is -0.454 e. The van der Waals surface area contributed by atoms with E-state index in [1.807, 2.05) is 48.5 Å². The van der Waals surface area contributed by atoms with E-state index in [1.165, 1.54) is 0 Å². The second-order valence-electron chi connectivity index (χ2n) is 7.40. The Hall–Kier alpha value is -3.74. The summed E-state index contributed by atoms with van der Waals surface area (Å²) in [7, 11) is 0. The summed E-state index contributed by atoms with van der Waals surface area (Å²) in [5.41, 5.74) is 3.18. The summed E-state index contributed by atoms with van der Waals surface area (Å²) >= 11 is 0. The van der Waals surface area contributed by atoms with Crippen molar-refractivity contribution in [3.05, 3.63) is 83.6 Å². The van der Waals surface area contributed by atoms with Gasteiger partial charge in [-0.15, -0.1) is 6.58 Å². The summed E-state index contributed by atoms with van der Waals surface area (Å²) in [6.45, 7) is 5.09. The van der Waals surface area contributed by atoms with Crippen LogP contribution in [0, 0.1) is 0 Å². The van der Waals surface area contributed by atoms with Crippen LogP contribution in [0.25, 0.3) is 0 Å². The molecule has 0 bridgehead atoms. The van der Waals surface area contributed by atoms with E-state index in [9.17, 15) is 9.59 Å². The summed E-state index contributed by atoms with van der Waals surface area (Å²) in [5.74, 6) is 1.31. The summed E-state index contributed by atoms with van der Waals surface area (Å²) in [6, 6.07) is 14.6. The average Bonchev–Trinajstić information content (AvgIpc) is 3.35. The molecular weight excluding hydrogens is 382 g/mol. The van der Waals surface area contributed by atoms with Gasteiger partial charge in [-0.05, 0) is 23.3 Å². The van der Waals surface area contributed by atoms with Gasteiger partial charge < -0.3 is 19.7 Å². The number of urea groups is 1. The van der Waals surface area contributed by atoms with E-state index < -0.39 is 6.04 Å². The van der Waals surface area contributed by atoms with Gasteiger partial charge in [0.1, 0.15) is 0 Å². The van der Waals surface area contributed by atoms with Crippen LogP contribution in [-0.2, 0) is 11.3 Å². The Morgan fingerprint density at radius 3 is 2.70 bits per heavy atom. The van der Waals surface area contributed by atoms with Crippen molar-refractivity contribution in [1.29, 1.82) is 0 Å². The molecule has 3 aliphatic heterocycles. The molecule has 0 aromatic heterocycles. The zero-order chi connectivity index (χ0) is 20.7. The van der Waals surface area contributed by atoms with Gasteiger partial charge in [-0.25, -0.2) is 4.79 Å². The molecule has 1 N–H and O–H groups in total. The van der Waals surface area contributed by atoms with Crippen LogP contribution in [0.15, 0.2) is 72.5 Å². The van der Waals surface area contributed by atoms with Gasteiger partial charge in [-0.2, -0.15) is 0 Å². The van der Waals surface area contributed by atoms with Crippen LogP contribution < -0.4 is 14.8 Å². The van der Waals surface area contributed by atoms with E-state index >= 15 is 0 Å². The number of hydrogen-bond acceptors (Lipinski definition) is 4. The lowest BCUT2D eigenvalue weighted by Crippen LogP contribution is -2.47. The molecule has 0 fully saturated rings. The van der Waals surface area contributed by atoms with Crippen LogP contribution in [-0.4, -0.2) is 41.6 Å². The topological polar surface area (TPSA) is 71.1 Å². The first-order chi connectivity index (χ1) is 14.7. The average molecular weight is 403 g/mol. The van der Waals surface area contributed by atoms with E-state index in [0.717, 1.165) is 16.8 Å². The lowest BCUT2D eigenvalue weighted by atomic mass is 9.95. The van der Waals surface area contributed by atoms with Crippen LogP contribution in [0.2, 0.25) is 0 Å². The number of carbonyl (C=O) groups is 2. The van der Waals surface area contributed by atoms with Crippen molar-refractivity contribution in [3.8, 4) is 11.5 Å². The molecule has 1 unspecified atom stereocenters. The summed E-state index contributed by atoms with van der Waals surface area (Å²) in [6.07, 6.45) is 1.66. The van der Waals surface area contributed by atoms with Gasteiger partial charge in [-0.1, -0.05) is 42.5 Å². The van der Waals surface area contributed by atoms with E-state index in [0.29, 0.717) is 36.7 Å². The minimum atomic E-state index is -0.469. The molecule has 2 aromatic carbocycles. The third-order valence-electron chi connectivity index (χ3n) is 5.55. The molecule has 3 aliphatic rings. The predicted octanol–water partition coefficient (Wildman–Crippen LogP) is 2.96. The van der Waals surface area contributed by atoms with Crippen molar-refractivity contribution >= 4 is 11.9 Å². The zero-order valence-electron chi connectivity index (χ0n) is 16.3. The van der Waals surface area contributed by atoms with Crippen molar-refractivity contribution in [2.45, 2.75) is 12.6 Å². The molecule has 7 nitrogen and oxygen atoms in total. The van der Waals surface area contributed by atoms with Crippen LogP contribution in [0.5, 0.6) is 11.5 Å². The Bertz CT molecular complexity index is 1060. The third-order valence-corrected chi connectivity index (χ3v) is 5.55. The monoisotopic (exact) mass is 403 g/mol. The van der Waals surface area contributed by atoms with Gasteiger partial charge in [0, 0.05) is 13.1 Å². The smallest absolute Gasteiger partial charge is 0.322 e. The molecule has 2 aromatic rings. The van der Waals surface area contributed by atoms with E-state index in [2.05, 4.69) is 11.9 Å². The highest BCUT2D eigenvalue weighted by atomic mass is 16.7. The van der Waals surface area contributed by atoms with E-state index in [-0.39, 0.29) is 18.7 Å². The summed E-state index contributed by atoms with van der Waals surface area (Å²) < 4.78 is 10.8. The second kappa shape index (κ2) is 7.26. The molecule has 0 saturated carbocycles. The number of nitrogens with zero attached hydrogens (tertiary/aromatic N) is 2. The minimum absolute atomic E-state index is 0.0782. The number of nitrogens with one attached hydrogen (secondary N) is 1. The van der Waals surface area contributed by atoms with Crippen molar-refractivity contribution in [2.24, 2.45) is 0 Å². The fourth-order valence-electron chi connectivity index (χ4n) is 4.15. The standard InChI is InChI=1S/C23H21N3O4/c1-2-10-26-17-13-25(12-15-8-9-18-19(11-15)30-14-29-18)22(27)20(17)21(24-23(26)28)16-6-4-3-5-7-16/h2-9,11,21H,1,10,12-14H2,(H,24,28). The fraction of sp³-hybridized carbons (Fsp3) is 0.217. The normalized spacial score (nSPS) is 19.8. The number of carbonyl (C=O) groups excluding carboxylic acids is 2. The fourth-order valence-corrected chi connectivity index (χ4v) is 4.15. The Kier molecular flexibility index (Phi) is 4.43. The van der Waals surface area contributed by atoms with Crippen molar-refractivity contribution in [2.75, 3.05) is 19.9 Å². The molecule has 3 amide bonds. The van der Waals surface area contributed by atoms with Crippen molar-refractivity contribution < 1.29 is 19.1 Å². The number of amides is 3. The highest BCUT2D eigenvalue weighted by Crippen LogP contribution is 2.38. The maximum atomic E-state index is 13.4. The lowest BCUT2D eigenvalue weighted by molar-refractivity contribution is -0.126. The van der Waals surface area contributed by atoms with Crippen molar-refractivity contribution in [1.82, 2.24) is 15.1 Å². The number of fused-ring (bicyclic) bond motifs is 1. The molecule has 0 spiro atoms. The first-order valence-electron chi connectivity index (χ1n) is 9.80. The summed E-state index contributed by atoms with van der Waals surface area (Å²) in [5, 5.41) is 2.99. The molecule has 0 radical (unpaired) electrons. The largest absolute Gasteiger partial charge is 0.454 e. The van der Waals surface area contributed by atoms with Crippen LogP contribution >= 0.6 is 0 Å². The van der Waals surface area contributed by atoms with Gasteiger partial charge in [-0.3, -0.25) is 9.69 Å². The highest BCUT2D eigenvalue weighted by molar-refractivity contribution is 6.01. The SMILES string of the molecule is C=CCN1C(=O)NC(c2ccccc2)C2=C1CN(Cc1ccc3c(c1)OCO3)C2=O. The molecule has 152 valence electrons. The number of rotatable bonds is 5. The summed E-state index contributed by atoms with van der Waals surface area (Å²) in [4.78, 5) is 29.6. The van der Waals surface area contributed by atoms with Gasteiger partial charge in [0.25, 0.3) is 5.91 Å². The second-order valence-corrected chi connectivity index (χ2v) is 7.40. The number of hydrogen-bond donors (Lipinski definition) is 1. The van der Waals surface area contributed by atoms with Crippen LogP contribution in [0.1, 0.15) is 17.2 Å². The van der Waals surface area contributed by atoms with Gasteiger partial charge >= 0.3 is 6.03 Å². The van der Waals surface area contributed by atoms with Gasteiger partial charge in [0.15, 0.2) is 11.5 Å². The Labute approximate surface area is 174 Å². The van der Waals surface area contributed by atoms with Gasteiger partial charge in [0.2, 0.25) is 6.79 Å². The first kappa shape index (κ1) is 18.3. The molecule has 3 heterocycles. The Morgan fingerprint density at radius 1 is 1.10 bits per heavy atom. The maximum absolute atomic E-state index is 13.4. The molecular formula is C23H21N3O4. The molecule has 5 rings (SSSR count). The number of benzene rings is 2. The molecule has 0 saturated heterocycles. The van der Waals surface area contributed by atoms with E-state index in [1.54, 1.807) is 15.9 Å². The number of ether oxygens (including phenoxy) is 2. The van der Waals surface area contributed by atoms with Gasteiger partial charge in [0.05, 0.1) is 23.9 Å². The molecule has 0 aliphatic carbocycles. The Balaban J connectivity index is 1.47. The van der Waals surface area contributed by atoms with E-state index in [4.69, 9.17) is 9.47 Å². The molecule has 30 heavy (non-hydrogen) atoms. The lowest BCUT2D eigenvalue weighted by Gasteiger charge is -2.33.